The second kappa shape index (κ2) is 5.20. The minimum absolute atomic E-state index is 0.151. The Bertz CT molecular complexity index is 536. The van der Waals surface area contributed by atoms with Crippen LogP contribution in [0.4, 0.5) is 5.82 Å². The SMILES string of the molecule is CCc1nc(NCC(C)(C)CO)c2ccsc2n1. The van der Waals surface area contributed by atoms with Crippen LogP contribution >= 0.6 is 11.3 Å². The van der Waals surface area contributed by atoms with Crippen molar-refractivity contribution in [2.24, 2.45) is 5.41 Å². The number of rotatable bonds is 5. The van der Waals surface area contributed by atoms with Gasteiger partial charge in [-0.05, 0) is 11.4 Å². The van der Waals surface area contributed by atoms with E-state index in [-0.39, 0.29) is 12.0 Å². The van der Waals surface area contributed by atoms with E-state index in [2.05, 4.69) is 22.2 Å². The van der Waals surface area contributed by atoms with Crippen LogP contribution < -0.4 is 5.32 Å². The maximum Gasteiger partial charge on any atom is 0.138 e. The number of nitrogens with zero attached hydrogens (tertiary/aromatic N) is 2. The Kier molecular flexibility index (Phi) is 3.82. The molecule has 0 saturated heterocycles. The highest BCUT2D eigenvalue weighted by atomic mass is 32.1. The number of aliphatic hydroxyl groups excluding tert-OH is 1. The first kappa shape index (κ1) is 13.2. The van der Waals surface area contributed by atoms with Crippen molar-refractivity contribution in [1.82, 2.24) is 9.97 Å². The number of anilines is 1. The molecule has 0 radical (unpaired) electrons. The van der Waals surface area contributed by atoms with Crippen LogP contribution in [-0.4, -0.2) is 28.2 Å². The van der Waals surface area contributed by atoms with Gasteiger partial charge in [0.2, 0.25) is 0 Å². The molecule has 2 N–H and O–H groups in total. The van der Waals surface area contributed by atoms with Gasteiger partial charge in [-0.1, -0.05) is 20.8 Å². The van der Waals surface area contributed by atoms with Gasteiger partial charge in [-0.2, -0.15) is 0 Å². The number of hydrogen-bond donors (Lipinski definition) is 2. The van der Waals surface area contributed by atoms with Crippen molar-refractivity contribution in [3.63, 3.8) is 0 Å². The van der Waals surface area contributed by atoms with Gasteiger partial charge in [-0.3, -0.25) is 0 Å². The van der Waals surface area contributed by atoms with Crippen LogP contribution in [0.2, 0.25) is 0 Å². The average molecular weight is 265 g/mol. The number of thiophene rings is 1. The summed E-state index contributed by atoms with van der Waals surface area (Å²) in [5.74, 6) is 1.73. The molecule has 0 amide bonds. The molecule has 0 saturated carbocycles. The molecule has 0 unspecified atom stereocenters. The van der Waals surface area contributed by atoms with Gasteiger partial charge in [0, 0.05) is 25.0 Å². The Morgan fingerprint density at radius 3 is 2.83 bits per heavy atom. The lowest BCUT2D eigenvalue weighted by atomic mass is 9.95. The first-order valence-corrected chi connectivity index (χ1v) is 7.02. The maximum absolute atomic E-state index is 9.28. The van der Waals surface area contributed by atoms with Crippen LogP contribution in [0.1, 0.15) is 26.6 Å². The molecule has 0 fully saturated rings. The quantitative estimate of drug-likeness (QED) is 0.872. The summed E-state index contributed by atoms with van der Waals surface area (Å²) >= 11 is 1.63. The van der Waals surface area contributed by atoms with Crippen LogP contribution in [-0.2, 0) is 6.42 Å². The molecule has 0 aliphatic rings. The first-order valence-electron chi connectivity index (χ1n) is 6.14. The molecular weight excluding hydrogens is 246 g/mol. The molecular formula is C13H19N3OS. The van der Waals surface area contributed by atoms with E-state index in [9.17, 15) is 5.11 Å². The number of hydrogen-bond acceptors (Lipinski definition) is 5. The molecule has 0 aliphatic heterocycles. The van der Waals surface area contributed by atoms with E-state index >= 15 is 0 Å². The fraction of sp³-hybridized carbons (Fsp3) is 0.538. The van der Waals surface area contributed by atoms with Gasteiger partial charge in [0.05, 0.1) is 5.39 Å². The summed E-state index contributed by atoms with van der Waals surface area (Å²) in [5, 5.41) is 15.7. The Morgan fingerprint density at radius 1 is 1.39 bits per heavy atom. The lowest BCUT2D eigenvalue weighted by Crippen LogP contribution is -2.27. The van der Waals surface area contributed by atoms with Crippen LogP contribution in [0.15, 0.2) is 11.4 Å². The van der Waals surface area contributed by atoms with E-state index < -0.39 is 0 Å². The summed E-state index contributed by atoms with van der Waals surface area (Å²) in [7, 11) is 0. The Hall–Kier alpha value is -1.20. The number of aryl methyl sites for hydroxylation is 1. The van der Waals surface area contributed by atoms with Gasteiger partial charge in [0.15, 0.2) is 0 Å². The lowest BCUT2D eigenvalue weighted by Gasteiger charge is -2.22. The van der Waals surface area contributed by atoms with Gasteiger partial charge >= 0.3 is 0 Å². The molecule has 18 heavy (non-hydrogen) atoms. The zero-order chi connectivity index (χ0) is 13.2. The highest BCUT2D eigenvalue weighted by Gasteiger charge is 2.17. The lowest BCUT2D eigenvalue weighted by molar-refractivity contribution is 0.171. The van der Waals surface area contributed by atoms with E-state index in [4.69, 9.17) is 0 Å². The van der Waals surface area contributed by atoms with Crippen molar-refractivity contribution in [3.8, 4) is 0 Å². The molecule has 0 atom stereocenters. The average Bonchev–Trinajstić information content (AvgIpc) is 2.84. The summed E-state index contributed by atoms with van der Waals surface area (Å²) in [6, 6.07) is 2.04. The molecule has 5 heteroatoms. The zero-order valence-corrected chi connectivity index (χ0v) is 11.8. The third kappa shape index (κ3) is 2.79. The summed E-state index contributed by atoms with van der Waals surface area (Å²) in [4.78, 5) is 10.0. The molecule has 2 aromatic heterocycles. The van der Waals surface area contributed by atoms with Crippen molar-refractivity contribution < 1.29 is 5.11 Å². The normalized spacial score (nSPS) is 12.0. The van der Waals surface area contributed by atoms with Crippen molar-refractivity contribution in [1.29, 1.82) is 0 Å². The van der Waals surface area contributed by atoms with Crippen molar-refractivity contribution in [2.45, 2.75) is 27.2 Å². The minimum atomic E-state index is -0.153. The molecule has 0 bridgehead atoms. The Labute approximate surface area is 111 Å². The van der Waals surface area contributed by atoms with Crippen LogP contribution in [0.3, 0.4) is 0 Å². The number of aliphatic hydroxyl groups is 1. The van der Waals surface area contributed by atoms with E-state index in [0.29, 0.717) is 6.54 Å². The van der Waals surface area contributed by atoms with Crippen molar-refractivity contribution in [2.75, 3.05) is 18.5 Å². The van der Waals surface area contributed by atoms with Gasteiger partial charge < -0.3 is 10.4 Å². The van der Waals surface area contributed by atoms with E-state index in [1.54, 1.807) is 11.3 Å². The van der Waals surface area contributed by atoms with Gasteiger partial charge in [-0.25, -0.2) is 9.97 Å². The summed E-state index contributed by atoms with van der Waals surface area (Å²) in [6.45, 7) is 6.93. The van der Waals surface area contributed by atoms with Crippen molar-refractivity contribution >= 4 is 27.4 Å². The number of aromatic nitrogens is 2. The maximum atomic E-state index is 9.28. The van der Waals surface area contributed by atoms with Crippen LogP contribution in [0, 0.1) is 5.41 Å². The van der Waals surface area contributed by atoms with Gasteiger partial charge in [0.1, 0.15) is 16.5 Å². The van der Waals surface area contributed by atoms with Crippen LogP contribution in [0.5, 0.6) is 0 Å². The van der Waals surface area contributed by atoms with E-state index in [1.165, 1.54) is 0 Å². The molecule has 0 spiro atoms. The largest absolute Gasteiger partial charge is 0.396 e. The molecule has 2 rings (SSSR count). The van der Waals surface area contributed by atoms with Gasteiger partial charge in [0.25, 0.3) is 0 Å². The Balaban J connectivity index is 2.28. The van der Waals surface area contributed by atoms with E-state index in [0.717, 1.165) is 28.3 Å². The second-order valence-electron chi connectivity index (χ2n) is 5.16. The molecule has 2 aromatic rings. The minimum Gasteiger partial charge on any atom is -0.396 e. The number of nitrogens with one attached hydrogen (secondary N) is 1. The Morgan fingerprint density at radius 2 is 2.17 bits per heavy atom. The predicted octanol–water partition coefficient (Wildman–Crippen LogP) is 2.68. The fourth-order valence-corrected chi connectivity index (χ4v) is 2.35. The monoisotopic (exact) mass is 265 g/mol. The summed E-state index contributed by atoms with van der Waals surface area (Å²) < 4.78 is 0. The zero-order valence-electron chi connectivity index (χ0n) is 11.0. The third-order valence-electron chi connectivity index (χ3n) is 2.85. The second-order valence-corrected chi connectivity index (χ2v) is 6.05. The third-order valence-corrected chi connectivity index (χ3v) is 3.66. The van der Waals surface area contributed by atoms with Crippen molar-refractivity contribution in [3.05, 3.63) is 17.3 Å². The predicted molar refractivity (Wildman–Crippen MR) is 76.1 cm³/mol. The smallest absolute Gasteiger partial charge is 0.138 e. The summed E-state index contributed by atoms with van der Waals surface area (Å²) in [5.41, 5.74) is -0.153. The fourth-order valence-electron chi connectivity index (χ4n) is 1.57. The highest BCUT2D eigenvalue weighted by molar-refractivity contribution is 7.16. The first-order chi connectivity index (χ1) is 8.55. The molecule has 98 valence electrons. The topological polar surface area (TPSA) is 58.0 Å². The molecule has 4 nitrogen and oxygen atoms in total. The molecule has 0 aliphatic carbocycles. The van der Waals surface area contributed by atoms with Gasteiger partial charge in [-0.15, -0.1) is 11.3 Å². The standard InChI is InChI=1S/C13H19N3OS/c1-4-10-15-11(14-7-13(2,3)8-17)9-5-6-18-12(9)16-10/h5-6,17H,4,7-8H2,1-3H3,(H,14,15,16). The van der Waals surface area contributed by atoms with Crippen LogP contribution in [0.25, 0.3) is 10.2 Å². The van der Waals surface area contributed by atoms with E-state index in [1.807, 2.05) is 25.3 Å². The molecule has 2 heterocycles. The highest BCUT2D eigenvalue weighted by Crippen LogP contribution is 2.26. The molecule has 0 aromatic carbocycles. The summed E-state index contributed by atoms with van der Waals surface area (Å²) in [6.07, 6.45) is 0.825. The number of fused-ring (bicyclic) bond motifs is 1.